The minimum atomic E-state index is -0.161. The Labute approximate surface area is 146 Å². The van der Waals surface area contributed by atoms with Gasteiger partial charge >= 0.3 is 0 Å². The first-order valence-electron chi connectivity index (χ1n) is 7.59. The zero-order chi connectivity index (χ0) is 17.2. The van der Waals surface area contributed by atoms with Crippen molar-refractivity contribution in [2.45, 2.75) is 11.8 Å². The van der Waals surface area contributed by atoms with Crippen LogP contribution in [0.3, 0.4) is 0 Å². The number of ether oxygens (including phenoxy) is 1. The first-order chi connectivity index (χ1) is 11.7. The summed E-state index contributed by atoms with van der Waals surface area (Å²) in [6, 6.07) is 17.0. The second-order valence-electron chi connectivity index (χ2n) is 4.77. The highest BCUT2D eigenvalue weighted by Gasteiger charge is 2.08. The summed E-state index contributed by atoms with van der Waals surface area (Å²) in [4.78, 5) is 13.1. The van der Waals surface area contributed by atoms with Gasteiger partial charge in [0.25, 0.3) is 0 Å². The third-order valence-electron chi connectivity index (χ3n) is 3.08. The van der Waals surface area contributed by atoms with Gasteiger partial charge in [0.2, 0.25) is 5.91 Å². The van der Waals surface area contributed by atoms with Crippen LogP contribution in [0.4, 0.5) is 11.4 Å². The topological polar surface area (TPSA) is 74.2 Å². The molecule has 0 aliphatic heterocycles. The first-order valence-corrected chi connectivity index (χ1v) is 8.57. The number of thioether (sulfide) groups is 1. The largest absolute Gasteiger partial charge is 0.492 e. The van der Waals surface area contributed by atoms with E-state index in [-0.39, 0.29) is 12.5 Å². The Kier molecular flexibility index (Phi) is 6.99. The Morgan fingerprint density at radius 1 is 1.17 bits per heavy atom. The summed E-state index contributed by atoms with van der Waals surface area (Å²) in [5.41, 5.74) is 1.49. The van der Waals surface area contributed by atoms with Crippen LogP contribution >= 0.6 is 11.8 Å². The number of nitrogens with one attached hydrogen (secondary N) is 2. The van der Waals surface area contributed by atoms with Gasteiger partial charge in [0.15, 0.2) is 0 Å². The average molecular weight is 341 g/mol. The Balaban J connectivity index is 1.96. The predicted octanol–water partition coefficient (Wildman–Crippen LogP) is 3.75. The fourth-order valence-corrected chi connectivity index (χ4v) is 2.74. The molecule has 2 aromatic rings. The molecule has 0 saturated carbocycles. The van der Waals surface area contributed by atoms with Crippen molar-refractivity contribution < 1.29 is 9.53 Å². The molecule has 2 aromatic carbocycles. The lowest BCUT2D eigenvalue weighted by molar-refractivity contribution is -0.114. The van der Waals surface area contributed by atoms with Gasteiger partial charge in [-0.05, 0) is 31.2 Å². The summed E-state index contributed by atoms with van der Waals surface area (Å²) in [6.07, 6.45) is 0. The summed E-state index contributed by atoms with van der Waals surface area (Å²) in [5.74, 6) is 0.899. The van der Waals surface area contributed by atoms with Crippen LogP contribution in [-0.2, 0) is 4.79 Å². The van der Waals surface area contributed by atoms with Crippen LogP contribution in [0.1, 0.15) is 6.92 Å². The van der Waals surface area contributed by atoms with Gasteiger partial charge < -0.3 is 15.4 Å². The fraction of sp³-hybridized carbons (Fsp3) is 0.222. The molecule has 0 heterocycles. The maximum atomic E-state index is 12.2. The maximum absolute atomic E-state index is 12.2. The van der Waals surface area contributed by atoms with Crippen LogP contribution < -0.4 is 15.4 Å². The summed E-state index contributed by atoms with van der Waals surface area (Å²) in [6.45, 7) is 2.61. The molecule has 0 aliphatic carbocycles. The van der Waals surface area contributed by atoms with E-state index in [0.29, 0.717) is 18.0 Å². The van der Waals surface area contributed by atoms with E-state index in [2.05, 4.69) is 16.7 Å². The number of rotatable bonds is 8. The lowest BCUT2D eigenvalue weighted by Gasteiger charge is -2.13. The Morgan fingerprint density at radius 2 is 1.88 bits per heavy atom. The summed E-state index contributed by atoms with van der Waals surface area (Å²) >= 11 is 1.40. The number of anilines is 2. The van der Waals surface area contributed by atoms with E-state index in [1.54, 1.807) is 0 Å². The Morgan fingerprint density at radius 3 is 2.62 bits per heavy atom. The Bertz CT molecular complexity index is 728. The van der Waals surface area contributed by atoms with Crippen LogP contribution in [-0.4, -0.2) is 24.8 Å². The number of amides is 1. The van der Waals surface area contributed by atoms with Gasteiger partial charge in [-0.25, -0.2) is 0 Å². The zero-order valence-electron chi connectivity index (χ0n) is 13.4. The third-order valence-corrected chi connectivity index (χ3v) is 4.02. The fourth-order valence-electron chi connectivity index (χ4n) is 2.07. The molecule has 0 saturated heterocycles. The second kappa shape index (κ2) is 9.48. The molecule has 24 heavy (non-hydrogen) atoms. The first kappa shape index (κ1) is 17.7. The van der Waals surface area contributed by atoms with E-state index in [9.17, 15) is 4.79 Å². The molecular formula is C18H19N3O2S. The molecule has 0 atom stereocenters. The molecule has 6 heteroatoms. The molecule has 124 valence electrons. The van der Waals surface area contributed by atoms with Crippen LogP contribution in [0, 0.1) is 11.3 Å². The van der Waals surface area contributed by atoms with E-state index >= 15 is 0 Å². The van der Waals surface area contributed by atoms with Crippen molar-refractivity contribution in [2.24, 2.45) is 0 Å². The molecule has 0 radical (unpaired) electrons. The van der Waals surface area contributed by atoms with E-state index in [1.165, 1.54) is 11.8 Å². The second-order valence-corrected chi connectivity index (χ2v) is 5.79. The van der Waals surface area contributed by atoms with Crippen molar-refractivity contribution in [3.63, 3.8) is 0 Å². The van der Waals surface area contributed by atoms with Gasteiger partial charge in [-0.15, -0.1) is 11.8 Å². The lowest BCUT2D eigenvalue weighted by atomic mass is 10.3. The Hall–Kier alpha value is -2.65. The van der Waals surface area contributed by atoms with Crippen molar-refractivity contribution in [3.05, 3.63) is 48.5 Å². The summed E-state index contributed by atoms with van der Waals surface area (Å²) < 4.78 is 5.52. The van der Waals surface area contributed by atoms with Crippen molar-refractivity contribution in [1.82, 2.24) is 0 Å². The van der Waals surface area contributed by atoms with Gasteiger partial charge in [-0.2, -0.15) is 5.26 Å². The molecular weight excluding hydrogens is 322 g/mol. The molecule has 5 nitrogen and oxygen atoms in total. The highest BCUT2D eigenvalue weighted by atomic mass is 32.2. The maximum Gasteiger partial charge on any atom is 0.243 e. The monoisotopic (exact) mass is 341 g/mol. The predicted molar refractivity (Wildman–Crippen MR) is 97.5 cm³/mol. The number of benzene rings is 2. The number of hydrogen-bond acceptors (Lipinski definition) is 5. The number of nitriles is 1. The highest BCUT2D eigenvalue weighted by molar-refractivity contribution is 7.99. The van der Waals surface area contributed by atoms with Crippen molar-refractivity contribution in [2.75, 3.05) is 29.5 Å². The van der Waals surface area contributed by atoms with Crippen molar-refractivity contribution >= 4 is 29.0 Å². The minimum absolute atomic E-state index is 0.126. The molecule has 0 bridgehead atoms. The van der Waals surface area contributed by atoms with Gasteiger partial charge in [-0.1, -0.05) is 24.3 Å². The number of nitrogens with zero attached hydrogens (tertiary/aromatic N) is 1. The molecule has 0 spiro atoms. The molecule has 0 aromatic heterocycles. The number of para-hydroxylation sites is 3. The van der Waals surface area contributed by atoms with Gasteiger partial charge in [0.1, 0.15) is 5.75 Å². The smallest absolute Gasteiger partial charge is 0.243 e. The zero-order valence-corrected chi connectivity index (χ0v) is 14.2. The van der Waals surface area contributed by atoms with Crippen LogP contribution in [0.2, 0.25) is 0 Å². The quantitative estimate of drug-likeness (QED) is 0.715. The molecule has 2 rings (SSSR count). The van der Waals surface area contributed by atoms with Crippen LogP contribution in [0.25, 0.3) is 0 Å². The van der Waals surface area contributed by atoms with E-state index in [0.717, 1.165) is 16.3 Å². The number of carbonyl (C=O) groups is 1. The van der Waals surface area contributed by atoms with Crippen LogP contribution in [0.15, 0.2) is 53.4 Å². The lowest BCUT2D eigenvalue weighted by Crippen LogP contribution is -2.22. The normalized spacial score (nSPS) is 9.83. The number of carbonyl (C=O) groups excluding carboxylic acids is 1. The molecule has 0 fully saturated rings. The van der Waals surface area contributed by atoms with Gasteiger partial charge in [-0.3, -0.25) is 4.79 Å². The molecule has 2 N–H and O–H groups in total. The van der Waals surface area contributed by atoms with Crippen molar-refractivity contribution in [3.8, 4) is 11.8 Å². The average Bonchev–Trinajstić information content (AvgIpc) is 2.60. The van der Waals surface area contributed by atoms with Gasteiger partial charge in [0, 0.05) is 4.90 Å². The molecule has 0 unspecified atom stereocenters. The standard InChI is InChI=1S/C18H19N3O2S/c1-2-23-16-9-5-3-7-14(16)20-13-18(22)21-15-8-4-6-10-17(15)24-12-11-19/h3-10,20H,2,12-13H2,1H3,(H,21,22). The van der Waals surface area contributed by atoms with Crippen molar-refractivity contribution in [1.29, 1.82) is 5.26 Å². The summed E-state index contributed by atoms with van der Waals surface area (Å²) in [7, 11) is 0. The minimum Gasteiger partial charge on any atom is -0.492 e. The van der Waals surface area contributed by atoms with E-state index in [4.69, 9.17) is 10.00 Å². The van der Waals surface area contributed by atoms with E-state index in [1.807, 2.05) is 55.5 Å². The van der Waals surface area contributed by atoms with Gasteiger partial charge in [0.05, 0.1) is 36.3 Å². The number of hydrogen-bond donors (Lipinski definition) is 2. The molecule has 0 aliphatic rings. The van der Waals surface area contributed by atoms with E-state index < -0.39 is 0 Å². The van der Waals surface area contributed by atoms with Crippen LogP contribution in [0.5, 0.6) is 5.75 Å². The summed E-state index contributed by atoms with van der Waals surface area (Å²) in [5, 5.41) is 14.7. The SMILES string of the molecule is CCOc1ccccc1NCC(=O)Nc1ccccc1SCC#N. The third kappa shape index (κ3) is 5.21. The molecule has 1 amide bonds. The highest BCUT2D eigenvalue weighted by Crippen LogP contribution is 2.27.